The molecule has 1 fully saturated rings. The van der Waals surface area contributed by atoms with Gasteiger partial charge < -0.3 is 14.2 Å². The van der Waals surface area contributed by atoms with E-state index in [0.29, 0.717) is 0 Å². The molecule has 148 valence electrons. The Morgan fingerprint density at radius 2 is 1.62 bits per heavy atom. The number of carbonyl (C=O) groups excluding carboxylic acids is 4. The van der Waals surface area contributed by atoms with Gasteiger partial charge in [-0.25, -0.2) is 0 Å². The predicted octanol–water partition coefficient (Wildman–Crippen LogP) is 2.51. The number of methoxy groups -OCH3 is 2. The summed E-state index contributed by atoms with van der Waals surface area (Å²) < 4.78 is 14.7. The molecule has 0 aromatic heterocycles. The van der Waals surface area contributed by atoms with Crippen LogP contribution in [0.4, 0.5) is 0 Å². The molecule has 7 nitrogen and oxygen atoms in total. The molecule has 0 radical (unpaired) electrons. The lowest BCUT2D eigenvalue weighted by Gasteiger charge is -2.46. The van der Waals surface area contributed by atoms with Gasteiger partial charge in [-0.1, -0.05) is 20.8 Å². The number of hydrogen-bond donors (Lipinski definition) is 0. The van der Waals surface area contributed by atoms with Crippen molar-refractivity contribution in [3.05, 3.63) is 0 Å². The highest BCUT2D eigenvalue weighted by molar-refractivity contribution is 5.97. The van der Waals surface area contributed by atoms with Crippen LogP contribution in [0.5, 0.6) is 0 Å². The minimum Gasteiger partial charge on any atom is -0.469 e. The van der Waals surface area contributed by atoms with Crippen LogP contribution in [0.2, 0.25) is 0 Å². The molecule has 0 amide bonds. The van der Waals surface area contributed by atoms with Crippen molar-refractivity contribution in [2.45, 2.75) is 54.4 Å². The maximum atomic E-state index is 12.8. The van der Waals surface area contributed by atoms with Crippen LogP contribution >= 0.6 is 0 Å². The Morgan fingerprint density at radius 1 is 1.12 bits per heavy atom. The van der Waals surface area contributed by atoms with Gasteiger partial charge in [0.2, 0.25) is 0 Å². The van der Waals surface area contributed by atoms with Crippen molar-refractivity contribution >= 4 is 23.9 Å². The molecule has 0 aromatic carbocycles. The predicted molar refractivity (Wildman–Crippen MR) is 92.7 cm³/mol. The molecule has 0 bridgehead atoms. The first-order valence-electron chi connectivity index (χ1n) is 8.71. The number of carbonyl (C=O) groups is 4. The highest BCUT2D eigenvalue weighted by atomic mass is 16.6. The van der Waals surface area contributed by atoms with Crippen LogP contribution in [-0.4, -0.2) is 38.1 Å². The topological polar surface area (TPSA) is 96.0 Å². The average molecular weight is 370 g/mol. The van der Waals surface area contributed by atoms with Crippen LogP contribution in [-0.2, 0) is 33.4 Å². The second kappa shape index (κ2) is 7.37. The van der Waals surface area contributed by atoms with Crippen LogP contribution < -0.4 is 0 Å². The fraction of sp³-hybridized carbons (Fsp3) is 0.789. The zero-order chi connectivity index (χ0) is 20.5. The van der Waals surface area contributed by atoms with Gasteiger partial charge in [-0.05, 0) is 39.0 Å². The third-order valence-electron chi connectivity index (χ3n) is 6.32. The zero-order valence-corrected chi connectivity index (χ0v) is 16.9. The lowest BCUT2D eigenvalue weighted by molar-refractivity contribution is -0.174. The Kier molecular flexibility index (Phi) is 6.27. The van der Waals surface area contributed by atoms with E-state index >= 15 is 0 Å². The van der Waals surface area contributed by atoms with Crippen molar-refractivity contribution in [3.8, 4) is 0 Å². The Morgan fingerprint density at radius 3 is 1.96 bits per heavy atom. The average Bonchev–Trinajstić information content (AvgIpc) is 2.82. The number of esters is 4. The van der Waals surface area contributed by atoms with Crippen molar-refractivity contribution in [1.29, 1.82) is 0 Å². The van der Waals surface area contributed by atoms with Gasteiger partial charge in [0.25, 0.3) is 0 Å². The molecular weight excluding hydrogens is 340 g/mol. The molecule has 1 aliphatic rings. The van der Waals surface area contributed by atoms with E-state index in [0.717, 1.165) is 0 Å². The summed E-state index contributed by atoms with van der Waals surface area (Å²) in [5.41, 5.74) is -3.36. The molecule has 1 saturated heterocycles. The third-order valence-corrected chi connectivity index (χ3v) is 6.32. The molecule has 1 aliphatic heterocycles. The fourth-order valence-corrected chi connectivity index (χ4v) is 4.03. The van der Waals surface area contributed by atoms with Crippen LogP contribution in [0.1, 0.15) is 54.4 Å². The summed E-state index contributed by atoms with van der Waals surface area (Å²) in [6.45, 7) is 10.5. The van der Waals surface area contributed by atoms with Crippen LogP contribution in [0.3, 0.4) is 0 Å². The molecule has 0 spiro atoms. The SMILES string of the molecule is COC(=O)C(C)(CC1(C)CC(=O)OC1=O)C(C)C(C)(C(=O)OC)C(C)C. The lowest BCUT2D eigenvalue weighted by Crippen LogP contribution is -2.52. The van der Waals surface area contributed by atoms with Gasteiger partial charge in [-0.3, -0.25) is 19.2 Å². The maximum Gasteiger partial charge on any atom is 0.320 e. The molecule has 0 aromatic rings. The molecule has 26 heavy (non-hydrogen) atoms. The number of rotatable bonds is 7. The van der Waals surface area contributed by atoms with Gasteiger partial charge in [-0.15, -0.1) is 0 Å². The largest absolute Gasteiger partial charge is 0.469 e. The summed E-state index contributed by atoms with van der Waals surface area (Å²) in [7, 11) is 2.57. The first kappa shape index (κ1) is 22.1. The molecule has 1 heterocycles. The molecule has 4 atom stereocenters. The van der Waals surface area contributed by atoms with Crippen molar-refractivity contribution in [3.63, 3.8) is 0 Å². The van der Waals surface area contributed by atoms with Crippen molar-refractivity contribution in [1.82, 2.24) is 0 Å². The summed E-state index contributed by atoms with van der Waals surface area (Å²) in [6, 6.07) is 0. The molecule has 4 unspecified atom stereocenters. The normalized spacial score (nSPS) is 25.9. The van der Waals surface area contributed by atoms with E-state index in [9.17, 15) is 19.2 Å². The van der Waals surface area contributed by atoms with Gasteiger partial charge in [0.15, 0.2) is 0 Å². The van der Waals surface area contributed by atoms with E-state index in [-0.39, 0.29) is 18.8 Å². The van der Waals surface area contributed by atoms with Gasteiger partial charge >= 0.3 is 23.9 Å². The monoisotopic (exact) mass is 370 g/mol. The Hall–Kier alpha value is -1.92. The lowest BCUT2D eigenvalue weighted by atomic mass is 9.56. The molecule has 0 saturated carbocycles. The summed E-state index contributed by atoms with van der Waals surface area (Å²) in [4.78, 5) is 49.1. The van der Waals surface area contributed by atoms with E-state index < -0.39 is 46.0 Å². The third kappa shape index (κ3) is 3.48. The summed E-state index contributed by atoms with van der Waals surface area (Å²) in [5, 5.41) is 0. The van der Waals surface area contributed by atoms with Crippen molar-refractivity contribution < 1.29 is 33.4 Å². The van der Waals surface area contributed by atoms with Crippen LogP contribution in [0, 0.1) is 28.1 Å². The van der Waals surface area contributed by atoms with Gasteiger partial charge in [0.05, 0.1) is 36.9 Å². The number of hydrogen-bond acceptors (Lipinski definition) is 7. The Balaban J connectivity index is 3.44. The van der Waals surface area contributed by atoms with Gasteiger partial charge in [0.1, 0.15) is 0 Å². The molecular formula is C19H30O7. The zero-order valence-electron chi connectivity index (χ0n) is 16.9. The van der Waals surface area contributed by atoms with Gasteiger partial charge in [-0.2, -0.15) is 0 Å². The van der Waals surface area contributed by atoms with E-state index in [1.54, 1.807) is 27.7 Å². The summed E-state index contributed by atoms with van der Waals surface area (Å²) in [6.07, 6.45) is -0.0839. The van der Waals surface area contributed by atoms with Crippen LogP contribution in [0.25, 0.3) is 0 Å². The second-order valence-electron chi connectivity index (χ2n) is 8.24. The summed E-state index contributed by atoms with van der Waals surface area (Å²) in [5.74, 6) is -2.93. The first-order chi connectivity index (χ1) is 11.8. The van der Waals surface area contributed by atoms with E-state index in [4.69, 9.17) is 14.2 Å². The molecule has 1 rings (SSSR count). The number of ether oxygens (including phenoxy) is 3. The van der Waals surface area contributed by atoms with Gasteiger partial charge in [0, 0.05) is 0 Å². The van der Waals surface area contributed by atoms with E-state index in [1.807, 2.05) is 13.8 Å². The fourth-order valence-electron chi connectivity index (χ4n) is 4.03. The standard InChI is InChI=1S/C19H30O7/c1-11(2)19(6,16(23)25-8)12(3)18(5,15(22)24-7)10-17(4)9-13(20)26-14(17)21/h11-12H,9-10H2,1-8H3. The highest BCUT2D eigenvalue weighted by Gasteiger charge is 2.59. The molecule has 7 heteroatoms. The first-order valence-corrected chi connectivity index (χ1v) is 8.71. The second-order valence-corrected chi connectivity index (χ2v) is 8.24. The summed E-state index contributed by atoms with van der Waals surface area (Å²) >= 11 is 0. The molecule has 0 aliphatic carbocycles. The number of cyclic esters (lactones) is 2. The Labute approximate surface area is 154 Å². The van der Waals surface area contributed by atoms with Crippen LogP contribution in [0.15, 0.2) is 0 Å². The molecule has 0 N–H and O–H groups in total. The smallest absolute Gasteiger partial charge is 0.320 e. The van der Waals surface area contributed by atoms with Crippen molar-refractivity contribution in [2.24, 2.45) is 28.1 Å². The van der Waals surface area contributed by atoms with E-state index in [2.05, 4.69) is 0 Å². The quantitative estimate of drug-likeness (QED) is 0.386. The van der Waals surface area contributed by atoms with Crippen molar-refractivity contribution in [2.75, 3.05) is 14.2 Å². The highest BCUT2D eigenvalue weighted by Crippen LogP contribution is 2.53. The maximum absolute atomic E-state index is 12.8. The minimum absolute atomic E-state index is 0.0255. The minimum atomic E-state index is -1.21. The van der Waals surface area contributed by atoms with E-state index in [1.165, 1.54) is 14.2 Å². The Bertz CT molecular complexity index is 611.